The van der Waals surface area contributed by atoms with E-state index < -0.39 is 0 Å². The molecular weight excluding hydrogens is 148 g/mol. The van der Waals surface area contributed by atoms with E-state index in [4.69, 9.17) is 10.5 Å². The van der Waals surface area contributed by atoms with Crippen molar-refractivity contribution in [3.63, 3.8) is 0 Å². The summed E-state index contributed by atoms with van der Waals surface area (Å²) in [7, 11) is 0. The highest BCUT2D eigenvalue weighted by atomic mass is 14.3. The smallest absolute Gasteiger partial charge is 0.128 e. The topological polar surface area (TPSA) is 47.6 Å². The second-order valence-corrected chi connectivity index (χ2v) is 2.71. The van der Waals surface area contributed by atoms with Crippen LogP contribution in [-0.2, 0) is 0 Å². The van der Waals surface area contributed by atoms with Gasteiger partial charge in [-0.2, -0.15) is 10.5 Å². The van der Waals surface area contributed by atoms with E-state index in [1.54, 1.807) is 6.08 Å². The van der Waals surface area contributed by atoms with E-state index >= 15 is 0 Å². The summed E-state index contributed by atoms with van der Waals surface area (Å²) in [6.45, 7) is 7.40. The number of nitriles is 2. The van der Waals surface area contributed by atoms with Crippen molar-refractivity contribution < 1.29 is 0 Å². The zero-order valence-corrected chi connectivity index (χ0v) is 7.46. The van der Waals surface area contributed by atoms with Crippen molar-refractivity contribution in [2.24, 2.45) is 5.92 Å². The minimum atomic E-state index is 0.226. The molecule has 62 valence electrons. The van der Waals surface area contributed by atoms with Crippen LogP contribution >= 0.6 is 0 Å². The lowest BCUT2D eigenvalue weighted by Gasteiger charge is -2.08. The summed E-state index contributed by atoms with van der Waals surface area (Å²) in [5.41, 5.74) is 1.07. The zero-order chi connectivity index (χ0) is 9.56. The van der Waals surface area contributed by atoms with Crippen LogP contribution in [0.3, 0.4) is 0 Å². The minimum absolute atomic E-state index is 0.226. The number of nitrogens with zero attached hydrogens (tertiary/aromatic N) is 2. The van der Waals surface area contributed by atoms with Gasteiger partial charge in [0.15, 0.2) is 0 Å². The first-order chi connectivity index (χ1) is 5.67. The van der Waals surface area contributed by atoms with Crippen LogP contribution in [0.4, 0.5) is 0 Å². The molecule has 12 heavy (non-hydrogen) atoms. The van der Waals surface area contributed by atoms with Crippen LogP contribution in [0.25, 0.3) is 0 Å². The van der Waals surface area contributed by atoms with Crippen LogP contribution in [0.1, 0.15) is 20.3 Å². The van der Waals surface area contributed by atoms with Crippen molar-refractivity contribution in [1.82, 2.24) is 0 Å². The molecule has 0 aliphatic carbocycles. The van der Waals surface area contributed by atoms with E-state index in [2.05, 4.69) is 6.58 Å². The predicted molar refractivity (Wildman–Crippen MR) is 47.9 cm³/mol. The molecule has 0 spiro atoms. The zero-order valence-electron chi connectivity index (χ0n) is 7.46. The fourth-order valence-corrected chi connectivity index (χ4v) is 0.875. The van der Waals surface area contributed by atoms with Gasteiger partial charge in [0.2, 0.25) is 0 Å². The molecule has 0 radical (unpaired) electrons. The summed E-state index contributed by atoms with van der Waals surface area (Å²) in [4.78, 5) is 0. The van der Waals surface area contributed by atoms with E-state index in [-0.39, 0.29) is 11.5 Å². The lowest BCUT2D eigenvalue weighted by atomic mass is 9.95. The Bertz CT molecular complexity index is 257. The fourth-order valence-electron chi connectivity index (χ4n) is 0.875. The Morgan fingerprint density at radius 2 is 2.00 bits per heavy atom. The maximum atomic E-state index is 8.56. The fraction of sp³-hybridized carbons (Fsp3) is 0.400. The third-order valence-corrected chi connectivity index (χ3v) is 1.88. The first kappa shape index (κ1) is 10.5. The third kappa shape index (κ3) is 2.60. The van der Waals surface area contributed by atoms with E-state index in [1.807, 2.05) is 26.0 Å². The predicted octanol–water partition coefficient (Wildman–Crippen LogP) is 2.56. The monoisotopic (exact) mass is 160 g/mol. The molecule has 0 saturated carbocycles. The van der Waals surface area contributed by atoms with E-state index in [0.29, 0.717) is 0 Å². The highest BCUT2D eigenvalue weighted by Gasteiger charge is 2.07. The lowest BCUT2D eigenvalue weighted by Crippen LogP contribution is -1.97. The molecule has 2 nitrogen and oxygen atoms in total. The molecular formula is C10H12N2. The first-order valence-electron chi connectivity index (χ1n) is 3.79. The molecule has 0 saturated heterocycles. The molecule has 0 N–H and O–H groups in total. The quantitative estimate of drug-likeness (QED) is 0.470. The summed E-state index contributed by atoms with van der Waals surface area (Å²) in [5, 5.41) is 17.1. The Hall–Kier alpha value is -1.54. The second-order valence-electron chi connectivity index (χ2n) is 2.71. The third-order valence-electron chi connectivity index (χ3n) is 1.88. The average molecular weight is 160 g/mol. The van der Waals surface area contributed by atoms with Crippen LogP contribution in [0.15, 0.2) is 23.8 Å². The van der Waals surface area contributed by atoms with Gasteiger partial charge in [0.05, 0.1) is 0 Å². The summed E-state index contributed by atoms with van der Waals surface area (Å²) in [6, 6.07) is 3.75. The van der Waals surface area contributed by atoms with Gasteiger partial charge in [-0.05, 0) is 24.8 Å². The van der Waals surface area contributed by atoms with Gasteiger partial charge in [-0.3, -0.25) is 0 Å². The van der Waals surface area contributed by atoms with Gasteiger partial charge in [0.25, 0.3) is 0 Å². The maximum absolute atomic E-state index is 8.56. The van der Waals surface area contributed by atoms with Gasteiger partial charge in [0, 0.05) is 0 Å². The van der Waals surface area contributed by atoms with Gasteiger partial charge >= 0.3 is 0 Å². The van der Waals surface area contributed by atoms with Crippen molar-refractivity contribution in [3.8, 4) is 12.1 Å². The molecule has 0 rings (SSSR count). The normalized spacial score (nSPS) is 10.7. The Morgan fingerprint density at radius 3 is 2.33 bits per heavy atom. The standard InChI is InChI=1S/C10H12N2/c1-4-5-8(2)9(3)10(6-11)7-12/h4,8H,1,5H2,2-3H3. The average Bonchev–Trinajstić information content (AvgIpc) is 2.07. The lowest BCUT2D eigenvalue weighted by molar-refractivity contribution is 0.693. The minimum Gasteiger partial charge on any atom is -0.192 e. The summed E-state index contributed by atoms with van der Waals surface area (Å²) < 4.78 is 0. The number of hydrogen-bond acceptors (Lipinski definition) is 2. The first-order valence-corrected chi connectivity index (χ1v) is 3.79. The number of rotatable bonds is 3. The summed E-state index contributed by atoms with van der Waals surface area (Å²) >= 11 is 0. The molecule has 1 unspecified atom stereocenters. The van der Waals surface area contributed by atoms with Crippen LogP contribution in [0.5, 0.6) is 0 Å². The van der Waals surface area contributed by atoms with Crippen molar-refractivity contribution in [1.29, 1.82) is 10.5 Å². The highest BCUT2D eigenvalue weighted by molar-refractivity contribution is 5.40. The van der Waals surface area contributed by atoms with E-state index in [0.717, 1.165) is 12.0 Å². The molecule has 0 aliphatic rings. The molecule has 0 bridgehead atoms. The van der Waals surface area contributed by atoms with Crippen LogP contribution in [-0.4, -0.2) is 0 Å². The molecule has 0 heterocycles. The molecule has 2 heteroatoms. The van der Waals surface area contributed by atoms with Crippen molar-refractivity contribution in [2.75, 3.05) is 0 Å². The van der Waals surface area contributed by atoms with Gasteiger partial charge in [-0.25, -0.2) is 0 Å². The number of hydrogen-bond donors (Lipinski definition) is 0. The molecule has 0 aromatic rings. The maximum Gasteiger partial charge on any atom is 0.128 e. The molecule has 0 aliphatic heterocycles. The molecule has 0 aromatic heterocycles. The Balaban J connectivity index is 4.67. The van der Waals surface area contributed by atoms with Crippen molar-refractivity contribution in [3.05, 3.63) is 23.8 Å². The molecule has 0 fully saturated rings. The van der Waals surface area contributed by atoms with Crippen molar-refractivity contribution in [2.45, 2.75) is 20.3 Å². The van der Waals surface area contributed by atoms with Crippen molar-refractivity contribution >= 4 is 0 Å². The summed E-state index contributed by atoms with van der Waals surface area (Å²) in [5.74, 6) is 0.233. The van der Waals surface area contributed by atoms with Gasteiger partial charge in [0.1, 0.15) is 17.7 Å². The van der Waals surface area contributed by atoms with E-state index in [9.17, 15) is 0 Å². The van der Waals surface area contributed by atoms with Crippen LogP contribution in [0.2, 0.25) is 0 Å². The molecule has 1 atom stereocenters. The summed E-state index contributed by atoms with van der Waals surface area (Å²) in [6.07, 6.45) is 2.60. The largest absolute Gasteiger partial charge is 0.192 e. The Kier molecular flexibility index (Phi) is 4.49. The molecule has 0 amide bonds. The molecule has 0 aromatic carbocycles. The van der Waals surface area contributed by atoms with E-state index in [1.165, 1.54) is 0 Å². The van der Waals surface area contributed by atoms with Gasteiger partial charge < -0.3 is 0 Å². The van der Waals surface area contributed by atoms with Crippen LogP contribution in [0, 0.1) is 28.6 Å². The van der Waals surface area contributed by atoms with Gasteiger partial charge in [-0.15, -0.1) is 6.58 Å². The Morgan fingerprint density at radius 1 is 1.50 bits per heavy atom. The van der Waals surface area contributed by atoms with Gasteiger partial charge in [-0.1, -0.05) is 13.0 Å². The second kappa shape index (κ2) is 5.16. The Labute approximate surface area is 73.4 Å². The van der Waals surface area contributed by atoms with Crippen LogP contribution < -0.4 is 0 Å². The highest BCUT2D eigenvalue weighted by Crippen LogP contribution is 2.17. The number of allylic oxidation sites excluding steroid dienone is 3. The SMILES string of the molecule is C=CCC(C)C(C)=C(C#N)C#N.